The average Bonchev–Trinajstić information content (AvgIpc) is 3.12. The van der Waals surface area contributed by atoms with Gasteiger partial charge in [-0.3, -0.25) is 9.69 Å². The number of fused-ring (bicyclic) bond motifs is 1. The van der Waals surface area contributed by atoms with Gasteiger partial charge in [0.1, 0.15) is 0 Å². The maximum Gasteiger partial charge on any atom is 0.222 e. The molecule has 5 nitrogen and oxygen atoms in total. The summed E-state index contributed by atoms with van der Waals surface area (Å²) in [6.45, 7) is 5.55. The number of carbonyl (C=O) groups excluding carboxylic acids is 1. The highest BCUT2D eigenvalue weighted by molar-refractivity contribution is 5.79. The number of ether oxygens (including phenoxy) is 1. The quantitative estimate of drug-likeness (QED) is 0.897. The van der Waals surface area contributed by atoms with Crippen LogP contribution in [0.15, 0.2) is 30.5 Å². The van der Waals surface area contributed by atoms with Gasteiger partial charge in [0.15, 0.2) is 0 Å². The average molecular weight is 355 g/mol. The summed E-state index contributed by atoms with van der Waals surface area (Å²) in [5.41, 5.74) is 2.91. The highest BCUT2D eigenvalue weighted by atomic mass is 16.5. The number of aromatic amines is 1. The first-order valence-corrected chi connectivity index (χ1v) is 9.73. The lowest BCUT2D eigenvalue weighted by Crippen LogP contribution is -2.52. The van der Waals surface area contributed by atoms with Gasteiger partial charge in [0, 0.05) is 44.9 Å². The van der Waals surface area contributed by atoms with E-state index in [9.17, 15) is 4.79 Å². The molecule has 0 aliphatic carbocycles. The van der Waals surface area contributed by atoms with Crippen LogP contribution in [0.1, 0.15) is 31.2 Å². The number of H-pyrrole nitrogens is 1. The summed E-state index contributed by atoms with van der Waals surface area (Å²) >= 11 is 0. The van der Waals surface area contributed by atoms with E-state index in [2.05, 4.69) is 34.1 Å². The largest absolute Gasteiger partial charge is 0.383 e. The molecule has 1 N–H and O–H groups in total. The maximum absolute atomic E-state index is 12.2. The molecule has 5 heteroatoms. The van der Waals surface area contributed by atoms with Gasteiger partial charge in [0.05, 0.1) is 6.61 Å². The van der Waals surface area contributed by atoms with Crippen LogP contribution in [-0.4, -0.2) is 60.6 Å². The van der Waals surface area contributed by atoms with E-state index in [4.69, 9.17) is 4.74 Å². The number of likely N-dealkylation sites (tertiary alicyclic amines) is 2. The number of nitrogens with one attached hydrogen (secondary N) is 1. The van der Waals surface area contributed by atoms with Crippen molar-refractivity contribution in [3.05, 3.63) is 36.0 Å². The van der Waals surface area contributed by atoms with Crippen molar-refractivity contribution in [2.75, 3.05) is 39.9 Å². The molecule has 1 aromatic carbocycles. The molecule has 0 atom stereocenters. The Hall–Kier alpha value is -1.85. The molecule has 26 heavy (non-hydrogen) atoms. The number of hydrogen-bond acceptors (Lipinski definition) is 3. The molecule has 1 aromatic heterocycles. The Morgan fingerprint density at radius 3 is 2.85 bits per heavy atom. The second kappa shape index (κ2) is 7.41. The van der Waals surface area contributed by atoms with Crippen molar-refractivity contribution >= 4 is 16.8 Å². The van der Waals surface area contributed by atoms with Crippen LogP contribution in [0.2, 0.25) is 0 Å². The van der Waals surface area contributed by atoms with Crippen molar-refractivity contribution in [2.45, 2.75) is 32.2 Å². The molecule has 0 bridgehead atoms. The molecule has 2 aromatic rings. The minimum Gasteiger partial charge on any atom is -0.383 e. The lowest BCUT2D eigenvalue weighted by Gasteiger charge is -2.47. The Labute approximate surface area is 155 Å². The number of amides is 1. The molecule has 2 aliphatic rings. The van der Waals surface area contributed by atoms with Gasteiger partial charge in [0.25, 0.3) is 0 Å². The lowest BCUT2D eigenvalue weighted by atomic mass is 9.72. The summed E-state index contributed by atoms with van der Waals surface area (Å²) in [5, 5.41) is 1.29. The SMILES string of the molecule is COCCN1CC2(CCC1=O)CCN(Cc1ccc3[nH]ccc3c1)CC2. The predicted molar refractivity (Wildman–Crippen MR) is 103 cm³/mol. The van der Waals surface area contributed by atoms with Crippen LogP contribution in [0.3, 0.4) is 0 Å². The second-order valence-corrected chi connectivity index (χ2v) is 7.98. The van der Waals surface area contributed by atoms with E-state index < -0.39 is 0 Å². The summed E-state index contributed by atoms with van der Waals surface area (Å²) in [4.78, 5) is 20.0. The molecule has 3 heterocycles. The smallest absolute Gasteiger partial charge is 0.222 e. The molecule has 2 aliphatic heterocycles. The summed E-state index contributed by atoms with van der Waals surface area (Å²) in [6, 6.07) is 8.84. The minimum atomic E-state index is 0.301. The molecule has 4 rings (SSSR count). The second-order valence-electron chi connectivity index (χ2n) is 7.98. The fraction of sp³-hybridized carbons (Fsp3) is 0.571. The number of aromatic nitrogens is 1. The van der Waals surface area contributed by atoms with Gasteiger partial charge < -0.3 is 14.6 Å². The molecule has 2 saturated heterocycles. The van der Waals surface area contributed by atoms with Crippen LogP contribution in [0.25, 0.3) is 10.9 Å². The van der Waals surface area contributed by atoms with Gasteiger partial charge in [0.2, 0.25) is 5.91 Å². The van der Waals surface area contributed by atoms with E-state index in [0.717, 1.165) is 39.1 Å². The molecule has 1 spiro atoms. The van der Waals surface area contributed by atoms with Crippen molar-refractivity contribution in [1.82, 2.24) is 14.8 Å². The van der Waals surface area contributed by atoms with Crippen LogP contribution in [0.4, 0.5) is 0 Å². The number of hydrogen-bond donors (Lipinski definition) is 1. The molecule has 0 saturated carbocycles. The Balaban J connectivity index is 1.35. The summed E-state index contributed by atoms with van der Waals surface area (Å²) in [7, 11) is 1.70. The number of benzene rings is 1. The molecule has 0 radical (unpaired) electrons. The van der Waals surface area contributed by atoms with Crippen LogP contribution in [0, 0.1) is 5.41 Å². The number of carbonyl (C=O) groups is 1. The molecule has 2 fully saturated rings. The Morgan fingerprint density at radius 2 is 2.04 bits per heavy atom. The zero-order chi connectivity index (χ0) is 18.0. The maximum atomic E-state index is 12.2. The van der Waals surface area contributed by atoms with Gasteiger partial charge >= 0.3 is 0 Å². The molecular weight excluding hydrogens is 326 g/mol. The Bertz CT molecular complexity index is 761. The Kier molecular flexibility index (Phi) is 5.00. The van der Waals surface area contributed by atoms with Crippen LogP contribution in [-0.2, 0) is 16.1 Å². The van der Waals surface area contributed by atoms with Crippen molar-refractivity contribution < 1.29 is 9.53 Å². The summed E-state index contributed by atoms with van der Waals surface area (Å²) in [5.74, 6) is 0.301. The zero-order valence-corrected chi connectivity index (χ0v) is 15.7. The molecular formula is C21H29N3O2. The third-order valence-corrected chi connectivity index (χ3v) is 6.25. The van der Waals surface area contributed by atoms with Crippen molar-refractivity contribution in [1.29, 1.82) is 0 Å². The summed E-state index contributed by atoms with van der Waals surface area (Å²) < 4.78 is 5.17. The third kappa shape index (κ3) is 3.64. The zero-order valence-electron chi connectivity index (χ0n) is 15.7. The number of nitrogens with zero attached hydrogens (tertiary/aromatic N) is 2. The monoisotopic (exact) mass is 355 g/mol. The van der Waals surface area contributed by atoms with Crippen molar-refractivity contribution in [3.8, 4) is 0 Å². The standard InChI is InChI=1S/C21H29N3O2/c1-26-13-12-24-16-21(6-4-20(24)25)7-10-23(11-8-21)15-17-2-3-19-18(14-17)5-9-22-19/h2-3,5,9,14,22H,4,6-8,10-13,15-16H2,1H3. The first kappa shape index (κ1) is 17.6. The molecule has 0 unspecified atom stereocenters. The van der Waals surface area contributed by atoms with E-state index in [1.54, 1.807) is 7.11 Å². The highest BCUT2D eigenvalue weighted by Crippen LogP contribution is 2.40. The number of methoxy groups -OCH3 is 1. The first-order valence-electron chi connectivity index (χ1n) is 9.73. The van der Waals surface area contributed by atoms with E-state index >= 15 is 0 Å². The minimum absolute atomic E-state index is 0.301. The summed E-state index contributed by atoms with van der Waals surface area (Å²) in [6.07, 6.45) is 6.14. The van der Waals surface area contributed by atoms with E-state index in [0.29, 0.717) is 24.3 Å². The van der Waals surface area contributed by atoms with Gasteiger partial charge in [-0.15, -0.1) is 0 Å². The lowest BCUT2D eigenvalue weighted by molar-refractivity contribution is -0.139. The normalized spacial score (nSPS) is 21.0. The van der Waals surface area contributed by atoms with Crippen LogP contribution in [0.5, 0.6) is 0 Å². The van der Waals surface area contributed by atoms with E-state index in [-0.39, 0.29) is 0 Å². The van der Waals surface area contributed by atoms with Gasteiger partial charge in [-0.25, -0.2) is 0 Å². The Morgan fingerprint density at radius 1 is 1.19 bits per heavy atom. The van der Waals surface area contributed by atoms with Gasteiger partial charge in [-0.1, -0.05) is 6.07 Å². The van der Waals surface area contributed by atoms with Crippen LogP contribution >= 0.6 is 0 Å². The first-order chi connectivity index (χ1) is 12.7. The molecule has 140 valence electrons. The number of rotatable bonds is 5. The van der Waals surface area contributed by atoms with E-state index in [1.807, 2.05) is 11.1 Å². The topological polar surface area (TPSA) is 48.6 Å². The predicted octanol–water partition coefficient (Wildman–Crippen LogP) is 3.02. The molecule has 1 amide bonds. The van der Waals surface area contributed by atoms with Crippen LogP contribution < -0.4 is 0 Å². The fourth-order valence-electron chi connectivity index (χ4n) is 4.56. The third-order valence-electron chi connectivity index (χ3n) is 6.25. The van der Waals surface area contributed by atoms with Crippen molar-refractivity contribution in [2.24, 2.45) is 5.41 Å². The number of piperidine rings is 2. The highest BCUT2D eigenvalue weighted by Gasteiger charge is 2.40. The fourth-order valence-corrected chi connectivity index (χ4v) is 4.56. The van der Waals surface area contributed by atoms with Crippen molar-refractivity contribution in [3.63, 3.8) is 0 Å². The van der Waals surface area contributed by atoms with E-state index in [1.165, 1.54) is 29.3 Å². The van der Waals surface area contributed by atoms with Gasteiger partial charge in [-0.05, 0) is 66.9 Å². The van der Waals surface area contributed by atoms with Gasteiger partial charge in [-0.2, -0.15) is 0 Å².